The molecule has 0 saturated carbocycles. The summed E-state index contributed by atoms with van der Waals surface area (Å²) < 4.78 is 31.7. The standard InChI is InChI=1S/C18H44O6Si4/c1-25(2,3)20-13-14-15(22-26(4,5)6)16(23-27(7,8)9)17(18(19)21-14)24-28(10,11)12/h14-19H,13H2,1-12H3/t14-,15+,16-,17+,18-/m1/s1. The summed E-state index contributed by atoms with van der Waals surface area (Å²) in [6, 6.07) is 0. The minimum absolute atomic E-state index is 0.320. The van der Waals surface area contributed by atoms with E-state index in [1.807, 2.05) is 0 Å². The van der Waals surface area contributed by atoms with Gasteiger partial charge in [-0.15, -0.1) is 0 Å². The molecule has 1 N–H and O–H groups in total. The molecular formula is C18H44O6Si4. The van der Waals surface area contributed by atoms with Crippen LogP contribution in [0.4, 0.5) is 0 Å². The van der Waals surface area contributed by atoms with E-state index in [9.17, 15) is 5.11 Å². The van der Waals surface area contributed by atoms with Crippen LogP contribution in [0.1, 0.15) is 0 Å². The van der Waals surface area contributed by atoms with Gasteiger partial charge in [0.15, 0.2) is 39.6 Å². The minimum atomic E-state index is -1.94. The minimum Gasteiger partial charge on any atom is -0.415 e. The van der Waals surface area contributed by atoms with E-state index in [2.05, 4.69) is 78.6 Å². The highest BCUT2D eigenvalue weighted by Crippen LogP contribution is 2.33. The Hall–Kier alpha value is 0.628. The summed E-state index contributed by atoms with van der Waals surface area (Å²) in [5.41, 5.74) is 0. The lowest BCUT2D eigenvalue weighted by atomic mass is 9.99. The fourth-order valence-electron chi connectivity index (χ4n) is 2.99. The van der Waals surface area contributed by atoms with Gasteiger partial charge in [0, 0.05) is 0 Å². The average molecular weight is 469 g/mol. The van der Waals surface area contributed by atoms with Crippen molar-refractivity contribution in [3.05, 3.63) is 0 Å². The molecule has 5 atom stereocenters. The van der Waals surface area contributed by atoms with Crippen molar-refractivity contribution in [2.45, 2.75) is 109 Å². The number of rotatable bonds is 9. The van der Waals surface area contributed by atoms with Crippen molar-refractivity contribution in [2.75, 3.05) is 6.61 Å². The predicted octanol–water partition coefficient (Wildman–Crippen LogP) is 4.22. The molecule has 1 heterocycles. The van der Waals surface area contributed by atoms with Gasteiger partial charge in [0.2, 0.25) is 0 Å². The predicted molar refractivity (Wildman–Crippen MR) is 125 cm³/mol. The zero-order chi connectivity index (χ0) is 22.1. The smallest absolute Gasteiger partial charge is 0.184 e. The molecule has 1 saturated heterocycles. The van der Waals surface area contributed by atoms with Gasteiger partial charge >= 0.3 is 0 Å². The van der Waals surface area contributed by atoms with Crippen molar-refractivity contribution in [3.63, 3.8) is 0 Å². The van der Waals surface area contributed by atoms with Crippen LogP contribution >= 0.6 is 0 Å². The zero-order valence-corrected chi connectivity index (χ0v) is 24.1. The van der Waals surface area contributed by atoms with Gasteiger partial charge in [-0.3, -0.25) is 0 Å². The maximum atomic E-state index is 10.8. The molecule has 0 amide bonds. The van der Waals surface area contributed by atoms with E-state index in [-0.39, 0.29) is 18.3 Å². The quantitative estimate of drug-likeness (QED) is 0.511. The van der Waals surface area contributed by atoms with Gasteiger partial charge in [0.1, 0.15) is 24.4 Å². The van der Waals surface area contributed by atoms with Crippen LogP contribution in [0.2, 0.25) is 78.6 Å². The first-order valence-electron chi connectivity index (χ1n) is 10.3. The molecule has 28 heavy (non-hydrogen) atoms. The van der Waals surface area contributed by atoms with E-state index in [1.165, 1.54) is 0 Å². The van der Waals surface area contributed by atoms with Crippen LogP contribution in [0.15, 0.2) is 0 Å². The topological polar surface area (TPSA) is 66.4 Å². The summed E-state index contributed by atoms with van der Waals surface area (Å²) in [5, 5.41) is 10.8. The molecule has 1 fully saturated rings. The van der Waals surface area contributed by atoms with E-state index >= 15 is 0 Å². The van der Waals surface area contributed by atoms with Crippen molar-refractivity contribution in [1.82, 2.24) is 0 Å². The number of hydrogen-bond donors (Lipinski definition) is 1. The van der Waals surface area contributed by atoms with Crippen molar-refractivity contribution in [1.29, 1.82) is 0 Å². The van der Waals surface area contributed by atoms with Crippen LogP contribution in [0.25, 0.3) is 0 Å². The third kappa shape index (κ3) is 10.1. The maximum absolute atomic E-state index is 10.8. The Kier molecular flexibility index (Phi) is 8.96. The molecule has 6 nitrogen and oxygen atoms in total. The molecule has 1 rings (SSSR count). The third-order valence-corrected chi connectivity index (χ3v) is 7.73. The lowest BCUT2D eigenvalue weighted by Gasteiger charge is -2.49. The summed E-state index contributed by atoms with van der Waals surface area (Å²) in [6.07, 6.45) is -2.67. The molecule has 168 valence electrons. The number of ether oxygens (including phenoxy) is 1. The first-order chi connectivity index (χ1) is 12.3. The van der Waals surface area contributed by atoms with Gasteiger partial charge in [-0.25, -0.2) is 0 Å². The largest absolute Gasteiger partial charge is 0.415 e. The van der Waals surface area contributed by atoms with E-state index in [0.717, 1.165) is 0 Å². The molecule has 0 spiro atoms. The molecule has 0 bridgehead atoms. The maximum Gasteiger partial charge on any atom is 0.184 e. The number of aliphatic hydroxyl groups excluding tert-OH is 1. The van der Waals surface area contributed by atoms with Gasteiger partial charge in [-0.1, -0.05) is 0 Å². The second-order valence-corrected chi connectivity index (χ2v) is 29.5. The molecule has 0 aromatic carbocycles. The average Bonchev–Trinajstić information content (AvgIpc) is 2.39. The van der Waals surface area contributed by atoms with E-state index in [1.54, 1.807) is 0 Å². The molecule has 10 heteroatoms. The first kappa shape index (κ1) is 26.7. The van der Waals surface area contributed by atoms with Gasteiger partial charge < -0.3 is 27.5 Å². The highest BCUT2D eigenvalue weighted by Gasteiger charge is 2.51. The summed E-state index contributed by atoms with van der Waals surface area (Å²) in [4.78, 5) is 0. The van der Waals surface area contributed by atoms with Crippen LogP contribution in [-0.4, -0.2) is 75.7 Å². The zero-order valence-electron chi connectivity index (χ0n) is 20.1. The Bertz CT molecular complexity index is 492. The van der Waals surface area contributed by atoms with Crippen molar-refractivity contribution >= 4 is 33.3 Å². The van der Waals surface area contributed by atoms with Crippen molar-refractivity contribution in [3.8, 4) is 0 Å². The second-order valence-electron chi connectivity index (χ2n) is 11.6. The summed E-state index contributed by atoms with van der Waals surface area (Å²) >= 11 is 0. The molecule has 0 aromatic rings. The Morgan fingerprint density at radius 3 is 1.39 bits per heavy atom. The van der Waals surface area contributed by atoms with Gasteiger partial charge in [0.25, 0.3) is 0 Å². The molecular weight excluding hydrogens is 425 g/mol. The van der Waals surface area contributed by atoms with Crippen LogP contribution in [-0.2, 0) is 22.4 Å². The van der Waals surface area contributed by atoms with Crippen LogP contribution < -0.4 is 0 Å². The molecule has 0 radical (unpaired) electrons. The third-order valence-electron chi connectivity index (χ3n) is 3.76. The summed E-state index contributed by atoms with van der Waals surface area (Å²) in [6.45, 7) is 26.1. The van der Waals surface area contributed by atoms with Gasteiger partial charge in [0.05, 0.1) is 6.61 Å². The number of aliphatic hydroxyl groups is 1. The monoisotopic (exact) mass is 468 g/mol. The van der Waals surface area contributed by atoms with E-state index < -0.39 is 45.7 Å². The summed E-state index contributed by atoms with van der Waals surface area (Å²) in [7, 11) is -7.50. The fraction of sp³-hybridized carbons (Fsp3) is 1.00. The van der Waals surface area contributed by atoms with Gasteiger partial charge in [-0.2, -0.15) is 0 Å². The van der Waals surface area contributed by atoms with Crippen LogP contribution in [0, 0.1) is 0 Å². The van der Waals surface area contributed by atoms with Crippen LogP contribution in [0.3, 0.4) is 0 Å². The molecule has 1 aliphatic rings. The normalized spacial score (nSPS) is 30.5. The van der Waals surface area contributed by atoms with E-state index in [4.69, 9.17) is 22.4 Å². The van der Waals surface area contributed by atoms with E-state index in [0.29, 0.717) is 6.61 Å². The fourth-order valence-corrected chi connectivity index (χ4v) is 6.91. The Morgan fingerprint density at radius 2 is 1.00 bits per heavy atom. The second kappa shape index (κ2) is 9.41. The highest BCUT2D eigenvalue weighted by molar-refractivity contribution is 6.71. The first-order valence-corrected chi connectivity index (χ1v) is 23.9. The van der Waals surface area contributed by atoms with Crippen molar-refractivity contribution in [2.24, 2.45) is 0 Å². The Labute approximate surface area is 176 Å². The number of hydrogen-bond acceptors (Lipinski definition) is 6. The summed E-state index contributed by atoms with van der Waals surface area (Å²) in [5.74, 6) is 0. The molecule has 0 unspecified atom stereocenters. The lowest BCUT2D eigenvalue weighted by molar-refractivity contribution is -0.274. The van der Waals surface area contributed by atoms with Crippen molar-refractivity contribution < 1.29 is 27.5 Å². The Balaban J connectivity index is 3.26. The molecule has 1 aliphatic heterocycles. The molecule has 0 aromatic heterocycles. The Morgan fingerprint density at radius 1 is 0.607 bits per heavy atom. The lowest BCUT2D eigenvalue weighted by Crippen LogP contribution is -2.66. The highest BCUT2D eigenvalue weighted by atomic mass is 28.4. The van der Waals surface area contributed by atoms with Crippen LogP contribution in [0.5, 0.6) is 0 Å². The molecule has 0 aliphatic carbocycles. The van der Waals surface area contributed by atoms with Gasteiger partial charge in [-0.05, 0) is 78.6 Å². The SMILES string of the molecule is C[Si](C)(C)OC[C@H]1O[C@@H](O)[C@@H](O[Si](C)(C)C)[C@H](O[Si](C)(C)C)[C@H]1O[Si](C)(C)C.